The molecule has 158 valence electrons. The number of fused-ring (bicyclic) bond motifs is 1. The monoisotopic (exact) mass is 430 g/mol. The molecule has 0 unspecified atom stereocenters. The molecule has 1 aromatic heterocycles. The Morgan fingerprint density at radius 3 is 2.41 bits per heavy atom. The number of benzene rings is 3. The number of esters is 1. The third-order valence-electron chi connectivity index (χ3n) is 4.76. The topological polar surface area (TPSA) is 72.2 Å². The second-order valence-electron chi connectivity index (χ2n) is 6.86. The van der Waals surface area contributed by atoms with E-state index in [0.717, 1.165) is 5.56 Å². The summed E-state index contributed by atoms with van der Waals surface area (Å²) >= 11 is 0. The van der Waals surface area contributed by atoms with Crippen molar-refractivity contribution in [2.75, 3.05) is 0 Å². The van der Waals surface area contributed by atoms with Gasteiger partial charge in [0.15, 0.2) is 0 Å². The molecule has 5 nitrogen and oxygen atoms in total. The number of aromatic nitrogens is 1. The first-order valence-corrected chi connectivity index (χ1v) is 9.64. The fraction of sp³-hybridized carbons (Fsp3) is 0.0800. The van der Waals surface area contributed by atoms with Crippen molar-refractivity contribution in [1.29, 1.82) is 5.26 Å². The smallest absolute Gasteiger partial charge is 0.387 e. The Hall–Kier alpha value is -4.31. The summed E-state index contributed by atoms with van der Waals surface area (Å²) in [6.45, 7) is -2.85. The largest absolute Gasteiger partial charge is 0.457 e. The summed E-state index contributed by atoms with van der Waals surface area (Å²) in [5, 5.41) is 9.53. The van der Waals surface area contributed by atoms with Crippen molar-refractivity contribution in [1.82, 2.24) is 4.98 Å². The maximum atomic E-state index is 12.9. The van der Waals surface area contributed by atoms with Crippen LogP contribution in [0.25, 0.3) is 22.2 Å². The highest BCUT2D eigenvalue weighted by molar-refractivity contribution is 6.04. The van der Waals surface area contributed by atoms with E-state index in [1.807, 2.05) is 12.1 Å². The number of carbonyl (C=O) groups excluding carboxylic acids is 1. The first-order chi connectivity index (χ1) is 15.5. The van der Waals surface area contributed by atoms with Gasteiger partial charge in [0.25, 0.3) is 0 Å². The number of para-hydroxylation sites is 1. The molecule has 0 bridgehead atoms. The average Bonchev–Trinajstić information content (AvgIpc) is 2.82. The average molecular weight is 430 g/mol. The Balaban J connectivity index is 1.63. The van der Waals surface area contributed by atoms with Crippen LogP contribution in [-0.2, 0) is 11.3 Å². The van der Waals surface area contributed by atoms with Crippen LogP contribution in [0.3, 0.4) is 0 Å². The molecule has 4 aromatic rings. The molecule has 0 amide bonds. The molecule has 0 aliphatic rings. The molecule has 0 saturated carbocycles. The molecule has 4 rings (SSSR count). The fourth-order valence-corrected chi connectivity index (χ4v) is 3.20. The lowest BCUT2D eigenvalue weighted by Crippen LogP contribution is -2.07. The third kappa shape index (κ3) is 4.71. The van der Waals surface area contributed by atoms with Crippen molar-refractivity contribution in [3.05, 3.63) is 95.6 Å². The molecule has 0 fully saturated rings. The van der Waals surface area contributed by atoms with Crippen LogP contribution in [0.15, 0.2) is 78.9 Å². The zero-order chi connectivity index (χ0) is 22.5. The first-order valence-electron chi connectivity index (χ1n) is 9.64. The van der Waals surface area contributed by atoms with E-state index in [1.54, 1.807) is 60.7 Å². The second kappa shape index (κ2) is 9.23. The maximum Gasteiger partial charge on any atom is 0.387 e. The number of nitrogens with zero attached hydrogens (tertiary/aromatic N) is 2. The highest BCUT2D eigenvalue weighted by atomic mass is 19.3. The molecule has 0 aliphatic carbocycles. The van der Waals surface area contributed by atoms with Crippen molar-refractivity contribution in [3.63, 3.8) is 0 Å². The zero-order valence-electron chi connectivity index (χ0n) is 16.7. The van der Waals surface area contributed by atoms with Gasteiger partial charge in [-0.05, 0) is 54.1 Å². The summed E-state index contributed by atoms with van der Waals surface area (Å²) < 4.78 is 34.7. The van der Waals surface area contributed by atoms with E-state index in [9.17, 15) is 13.6 Å². The minimum atomic E-state index is -2.91. The normalized spacial score (nSPS) is 10.7. The number of rotatable bonds is 6. The quantitative estimate of drug-likeness (QED) is 0.365. The van der Waals surface area contributed by atoms with Gasteiger partial charge >= 0.3 is 12.6 Å². The van der Waals surface area contributed by atoms with Gasteiger partial charge in [-0.2, -0.15) is 14.0 Å². The summed E-state index contributed by atoms with van der Waals surface area (Å²) in [5.74, 6) is -0.488. The lowest BCUT2D eigenvalue weighted by Gasteiger charge is -2.11. The number of halogens is 2. The van der Waals surface area contributed by atoms with E-state index in [2.05, 4.69) is 9.72 Å². The minimum absolute atomic E-state index is 0.0339. The van der Waals surface area contributed by atoms with Gasteiger partial charge in [-0.25, -0.2) is 9.78 Å². The Labute approximate surface area is 182 Å². The lowest BCUT2D eigenvalue weighted by atomic mass is 10.0. The molecule has 32 heavy (non-hydrogen) atoms. The summed E-state index contributed by atoms with van der Waals surface area (Å²) in [5.41, 5.74) is 3.35. The number of pyridine rings is 1. The van der Waals surface area contributed by atoms with Gasteiger partial charge in [0, 0.05) is 10.9 Å². The Morgan fingerprint density at radius 1 is 1.00 bits per heavy atom. The highest BCUT2D eigenvalue weighted by Gasteiger charge is 2.16. The third-order valence-corrected chi connectivity index (χ3v) is 4.76. The molecule has 0 radical (unpaired) electrons. The van der Waals surface area contributed by atoms with Gasteiger partial charge in [0.2, 0.25) is 0 Å². The van der Waals surface area contributed by atoms with E-state index in [1.165, 1.54) is 12.1 Å². The molecular weight excluding hydrogens is 414 g/mol. The Bertz CT molecular complexity index is 1300. The van der Waals surface area contributed by atoms with Crippen molar-refractivity contribution < 1.29 is 23.0 Å². The SMILES string of the molecule is N#Cc1ccc(COC(=O)c2cc(-c3ccc(OC(F)F)cc3)nc3ccccc23)cc1. The second-order valence-corrected chi connectivity index (χ2v) is 6.86. The van der Waals surface area contributed by atoms with Crippen LogP contribution in [0.5, 0.6) is 5.75 Å². The predicted octanol–water partition coefficient (Wildman–Crippen LogP) is 5.73. The maximum absolute atomic E-state index is 12.9. The van der Waals surface area contributed by atoms with Gasteiger partial charge in [-0.15, -0.1) is 0 Å². The van der Waals surface area contributed by atoms with E-state index in [4.69, 9.17) is 10.00 Å². The van der Waals surface area contributed by atoms with Gasteiger partial charge in [-0.1, -0.05) is 30.3 Å². The van der Waals surface area contributed by atoms with E-state index < -0.39 is 12.6 Å². The summed E-state index contributed by atoms with van der Waals surface area (Å²) in [6.07, 6.45) is 0. The molecule has 0 atom stereocenters. The van der Waals surface area contributed by atoms with Crippen LogP contribution in [0, 0.1) is 11.3 Å². The Morgan fingerprint density at radius 2 is 1.72 bits per heavy atom. The van der Waals surface area contributed by atoms with Crippen LogP contribution in [0.1, 0.15) is 21.5 Å². The number of hydrogen-bond donors (Lipinski definition) is 0. The van der Waals surface area contributed by atoms with Crippen molar-refractivity contribution >= 4 is 16.9 Å². The molecule has 3 aromatic carbocycles. The van der Waals surface area contributed by atoms with E-state index in [0.29, 0.717) is 33.3 Å². The van der Waals surface area contributed by atoms with Crippen LogP contribution in [0.2, 0.25) is 0 Å². The molecule has 7 heteroatoms. The van der Waals surface area contributed by atoms with Gasteiger partial charge in [0.1, 0.15) is 12.4 Å². The minimum Gasteiger partial charge on any atom is -0.457 e. The van der Waals surface area contributed by atoms with Crippen LogP contribution in [-0.4, -0.2) is 17.6 Å². The molecule has 0 spiro atoms. The molecule has 0 saturated heterocycles. The van der Waals surface area contributed by atoms with Crippen LogP contribution >= 0.6 is 0 Å². The molecule has 0 aliphatic heterocycles. The fourth-order valence-electron chi connectivity index (χ4n) is 3.20. The summed E-state index contributed by atoms with van der Waals surface area (Å²) in [6, 6.07) is 23.6. The van der Waals surface area contributed by atoms with E-state index >= 15 is 0 Å². The highest BCUT2D eigenvalue weighted by Crippen LogP contribution is 2.27. The number of alkyl halides is 2. The standard InChI is InChI=1S/C25H16F2N2O3/c26-25(27)32-19-11-9-18(10-12-19)23-13-21(20-3-1-2-4-22(20)29-23)24(30)31-15-17-7-5-16(14-28)6-8-17/h1-13,25H,15H2. The van der Waals surface area contributed by atoms with Crippen molar-refractivity contribution in [2.45, 2.75) is 13.2 Å². The number of ether oxygens (including phenoxy) is 2. The Kier molecular flexibility index (Phi) is 6.04. The van der Waals surface area contributed by atoms with Crippen molar-refractivity contribution in [2.24, 2.45) is 0 Å². The summed E-state index contributed by atoms with van der Waals surface area (Å²) in [7, 11) is 0. The number of hydrogen-bond acceptors (Lipinski definition) is 5. The van der Waals surface area contributed by atoms with Gasteiger partial charge in [0.05, 0.1) is 28.4 Å². The zero-order valence-corrected chi connectivity index (χ0v) is 16.7. The van der Waals surface area contributed by atoms with E-state index in [-0.39, 0.29) is 12.4 Å². The molecule has 1 heterocycles. The lowest BCUT2D eigenvalue weighted by molar-refractivity contribution is -0.0498. The van der Waals surface area contributed by atoms with Crippen LogP contribution < -0.4 is 4.74 Å². The van der Waals surface area contributed by atoms with Crippen molar-refractivity contribution in [3.8, 4) is 23.1 Å². The van der Waals surface area contributed by atoms with Gasteiger partial charge < -0.3 is 9.47 Å². The molecule has 0 N–H and O–H groups in total. The number of carbonyl (C=O) groups is 1. The predicted molar refractivity (Wildman–Crippen MR) is 114 cm³/mol. The van der Waals surface area contributed by atoms with Crippen LogP contribution in [0.4, 0.5) is 8.78 Å². The van der Waals surface area contributed by atoms with Gasteiger partial charge in [-0.3, -0.25) is 0 Å². The first kappa shape index (κ1) is 20.9. The summed E-state index contributed by atoms with van der Waals surface area (Å²) in [4.78, 5) is 17.5. The number of nitriles is 1. The molecular formula is C25H16F2N2O3.